The number of aryl methyl sites for hydroxylation is 1. The Hall–Kier alpha value is -3.50. The van der Waals surface area contributed by atoms with Crippen LogP contribution in [0.3, 0.4) is 0 Å². The first-order valence-corrected chi connectivity index (χ1v) is 15.0. The van der Waals surface area contributed by atoms with E-state index in [-0.39, 0.29) is 10.8 Å². The summed E-state index contributed by atoms with van der Waals surface area (Å²) in [6, 6.07) is 18.5. The van der Waals surface area contributed by atoms with Crippen molar-refractivity contribution in [1.29, 1.82) is 0 Å². The van der Waals surface area contributed by atoms with Gasteiger partial charge in [-0.2, -0.15) is 0 Å². The first kappa shape index (κ1) is 27.5. The molecule has 1 fully saturated rings. The number of carbonyl (C=O) groups is 2. The highest BCUT2D eigenvalue weighted by Crippen LogP contribution is 2.29. The van der Waals surface area contributed by atoms with Gasteiger partial charge in [-0.3, -0.25) is 13.9 Å². The minimum atomic E-state index is -4.05. The molecule has 3 aromatic rings. The van der Waals surface area contributed by atoms with Crippen molar-refractivity contribution >= 4 is 50.7 Å². The molecule has 1 saturated heterocycles. The molecule has 0 aromatic heterocycles. The largest absolute Gasteiger partial charge is 0.494 e. The molecular weight excluding hydrogens is 522 g/mol. The van der Waals surface area contributed by atoms with Gasteiger partial charge >= 0.3 is 0 Å². The van der Waals surface area contributed by atoms with Crippen molar-refractivity contribution in [2.45, 2.75) is 36.5 Å². The molecule has 1 aliphatic heterocycles. The quantitative estimate of drug-likeness (QED) is 0.352. The SMILES string of the molecule is CCOc1ccc(N(CC(=O)Nc2ccc(N3CCCC3=O)c(C)c2)S(=O)(=O)c2ccc(SC)cc2)cc1. The summed E-state index contributed by atoms with van der Waals surface area (Å²) in [5.74, 6) is 0.202. The van der Waals surface area contributed by atoms with E-state index in [4.69, 9.17) is 4.74 Å². The molecule has 1 N–H and O–H groups in total. The molecule has 0 radical (unpaired) electrons. The zero-order chi connectivity index (χ0) is 27.3. The van der Waals surface area contributed by atoms with Gasteiger partial charge in [-0.25, -0.2) is 8.42 Å². The lowest BCUT2D eigenvalue weighted by Gasteiger charge is -2.24. The van der Waals surface area contributed by atoms with Gasteiger partial charge in [0.2, 0.25) is 11.8 Å². The van der Waals surface area contributed by atoms with Gasteiger partial charge in [-0.05, 0) is 98.8 Å². The molecule has 8 nitrogen and oxygen atoms in total. The molecule has 2 amide bonds. The van der Waals surface area contributed by atoms with Gasteiger partial charge in [0.05, 0.1) is 17.2 Å². The third kappa shape index (κ3) is 6.14. The van der Waals surface area contributed by atoms with Gasteiger partial charge in [0.1, 0.15) is 12.3 Å². The number of nitrogens with zero attached hydrogens (tertiary/aromatic N) is 2. The number of hydrogen-bond donors (Lipinski definition) is 1. The van der Waals surface area contributed by atoms with Crippen molar-refractivity contribution in [2.75, 3.05) is 40.5 Å². The van der Waals surface area contributed by atoms with Crippen molar-refractivity contribution in [1.82, 2.24) is 0 Å². The van der Waals surface area contributed by atoms with Gasteiger partial charge in [-0.15, -0.1) is 11.8 Å². The number of carbonyl (C=O) groups excluding carboxylic acids is 2. The van der Waals surface area contributed by atoms with E-state index in [0.717, 1.165) is 26.9 Å². The summed E-state index contributed by atoms with van der Waals surface area (Å²) in [6.07, 6.45) is 3.28. The number of benzene rings is 3. The van der Waals surface area contributed by atoms with Gasteiger partial charge in [0.15, 0.2) is 0 Å². The molecule has 0 aliphatic carbocycles. The summed E-state index contributed by atoms with van der Waals surface area (Å²) in [6.45, 7) is 4.48. The Kier molecular flexibility index (Phi) is 8.63. The molecule has 4 rings (SSSR count). The minimum Gasteiger partial charge on any atom is -0.494 e. The molecule has 3 aromatic carbocycles. The van der Waals surface area contributed by atoms with E-state index in [2.05, 4.69) is 5.32 Å². The topological polar surface area (TPSA) is 96.0 Å². The Balaban J connectivity index is 1.59. The fourth-order valence-electron chi connectivity index (χ4n) is 4.34. The van der Waals surface area contributed by atoms with E-state index in [0.29, 0.717) is 36.7 Å². The summed E-state index contributed by atoms with van der Waals surface area (Å²) in [7, 11) is -4.05. The van der Waals surface area contributed by atoms with E-state index in [9.17, 15) is 18.0 Å². The Morgan fingerprint density at radius 3 is 2.37 bits per heavy atom. The van der Waals surface area contributed by atoms with Crippen LogP contribution < -0.4 is 19.3 Å². The van der Waals surface area contributed by atoms with Crippen LogP contribution in [0.4, 0.5) is 17.1 Å². The number of rotatable bonds is 10. The average molecular weight is 554 g/mol. The summed E-state index contributed by atoms with van der Waals surface area (Å²) in [5, 5.41) is 2.81. The van der Waals surface area contributed by atoms with Crippen LogP contribution in [0.5, 0.6) is 5.75 Å². The fourth-order valence-corrected chi connectivity index (χ4v) is 6.16. The molecule has 10 heteroatoms. The molecule has 0 saturated carbocycles. The molecule has 0 unspecified atom stereocenters. The van der Waals surface area contributed by atoms with Crippen LogP contribution >= 0.6 is 11.8 Å². The normalized spacial score (nSPS) is 13.4. The second kappa shape index (κ2) is 11.9. The second-order valence-electron chi connectivity index (χ2n) is 8.81. The Bertz CT molecular complexity index is 1410. The number of thioether (sulfide) groups is 1. The standard InChI is InChI=1S/C28H31N3O5S2/c1-4-36-23-10-8-22(9-11-23)31(38(34,35)25-14-12-24(37-3)13-15-25)19-27(32)29-21-7-16-26(20(2)18-21)30-17-5-6-28(30)33/h7-16,18H,4-6,17,19H2,1-3H3,(H,29,32). The van der Waals surface area contributed by atoms with Gasteiger partial charge < -0.3 is 15.0 Å². The van der Waals surface area contributed by atoms with Crippen molar-refractivity contribution < 1.29 is 22.7 Å². The number of ether oxygens (including phenoxy) is 1. The van der Waals surface area contributed by atoms with Crippen LogP contribution in [0.15, 0.2) is 76.5 Å². The lowest BCUT2D eigenvalue weighted by atomic mass is 10.1. The molecule has 1 heterocycles. The fraction of sp³-hybridized carbons (Fsp3) is 0.286. The molecule has 200 valence electrons. The first-order chi connectivity index (χ1) is 18.2. The number of sulfonamides is 1. The van der Waals surface area contributed by atoms with Crippen LogP contribution in [0, 0.1) is 6.92 Å². The number of anilines is 3. The molecular formula is C28H31N3O5S2. The van der Waals surface area contributed by atoms with Crippen LogP contribution in [0.2, 0.25) is 0 Å². The molecule has 0 spiro atoms. The highest BCUT2D eigenvalue weighted by Gasteiger charge is 2.28. The van der Waals surface area contributed by atoms with E-state index in [1.807, 2.05) is 26.2 Å². The Morgan fingerprint density at radius 2 is 1.79 bits per heavy atom. The van der Waals surface area contributed by atoms with Gasteiger partial charge in [0, 0.05) is 29.2 Å². The molecule has 0 atom stereocenters. The monoisotopic (exact) mass is 553 g/mol. The molecule has 1 aliphatic rings. The second-order valence-corrected chi connectivity index (χ2v) is 11.6. The summed E-state index contributed by atoms with van der Waals surface area (Å²) in [4.78, 5) is 28.1. The first-order valence-electron chi connectivity index (χ1n) is 12.3. The van der Waals surface area contributed by atoms with Crippen molar-refractivity contribution in [2.24, 2.45) is 0 Å². The minimum absolute atomic E-state index is 0.0895. The maximum absolute atomic E-state index is 13.7. The van der Waals surface area contributed by atoms with Crippen LogP contribution in [-0.4, -0.2) is 46.2 Å². The van der Waals surface area contributed by atoms with E-state index < -0.39 is 22.5 Å². The average Bonchev–Trinajstić information content (AvgIpc) is 3.33. The number of amides is 2. The maximum atomic E-state index is 13.7. The van der Waals surface area contributed by atoms with Crippen LogP contribution in [0.25, 0.3) is 0 Å². The van der Waals surface area contributed by atoms with Crippen LogP contribution in [0.1, 0.15) is 25.3 Å². The van der Waals surface area contributed by atoms with Crippen molar-refractivity contribution in [3.63, 3.8) is 0 Å². The Labute approximate surface area is 228 Å². The summed E-state index contributed by atoms with van der Waals surface area (Å²) in [5.41, 5.74) is 2.54. The smallest absolute Gasteiger partial charge is 0.264 e. The summed E-state index contributed by atoms with van der Waals surface area (Å²) < 4.78 is 33.9. The van der Waals surface area contributed by atoms with Crippen molar-refractivity contribution in [3.05, 3.63) is 72.3 Å². The highest BCUT2D eigenvalue weighted by molar-refractivity contribution is 7.98. The lowest BCUT2D eigenvalue weighted by Crippen LogP contribution is -2.38. The third-order valence-corrected chi connectivity index (χ3v) is 8.75. The number of hydrogen-bond acceptors (Lipinski definition) is 6. The maximum Gasteiger partial charge on any atom is 0.264 e. The Morgan fingerprint density at radius 1 is 1.08 bits per heavy atom. The highest BCUT2D eigenvalue weighted by atomic mass is 32.2. The van der Waals surface area contributed by atoms with Crippen molar-refractivity contribution in [3.8, 4) is 5.75 Å². The molecule has 38 heavy (non-hydrogen) atoms. The van der Waals surface area contributed by atoms with E-state index in [1.165, 1.54) is 11.8 Å². The van der Waals surface area contributed by atoms with Gasteiger partial charge in [-0.1, -0.05) is 0 Å². The lowest BCUT2D eigenvalue weighted by molar-refractivity contribution is -0.117. The zero-order valence-electron chi connectivity index (χ0n) is 21.6. The molecule has 0 bridgehead atoms. The van der Waals surface area contributed by atoms with E-state index in [1.54, 1.807) is 65.6 Å². The zero-order valence-corrected chi connectivity index (χ0v) is 23.3. The predicted octanol–water partition coefficient (Wildman–Crippen LogP) is 5.08. The summed E-state index contributed by atoms with van der Waals surface area (Å²) >= 11 is 1.51. The van der Waals surface area contributed by atoms with E-state index >= 15 is 0 Å². The third-order valence-electron chi connectivity index (χ3n) is 6.22. The predicted molar refractivity (Wildman–Crippen MR) is 152 cm³/mol. The van der Waals surface area contributed by atoms with Gasteiger partial charge in [0.25, 0.3) is 10.0 Å². The number of nitrogens with one attached hydrogen (secondary N) is 1. The van der Waals surface area contributed by atoms with Crippen LogP contribution in [-0.2, 0) is 19.6 Å².